The molecule has 2 aromatic rings. The molecule has 0 saturated carbocycles. The van der Waals surface area contributed by atoms with Crippen molar-refractivity contribution in [3.63, 3.8) is 0 Å². The van der Waals surface area contributed by atoms with Crippen LogP contribution < -0.4 is 10.2 Å². The Balaban J connectivity index is 1.56. The van der Waals surface area contributed by atoms with Gasteiger partial charge in [0.05, 0.1) is 5.56 Å². The third-order valence-electron chi connectivity index (χ3n) is 4.48. The number of aryl methyl sites for hydroxylation is 1. The van der Waals surface area contributed by atoms with Gasteiger partial charge in [0, 0.05) is 18.7 Å². The average molecular weight is 352 g/mol. The average Bonchev–Trinajstić information content (AvgIpc) is 3.01. The summed E-state index contributed by atoms with van der Waals surface area (Å²) in [6.07, 6.45) is 1.02. The SMILES string of the molecule is O=C(CCc1ccccc1C(=O)O)NC1CCN(c2ccccc2)C1=O. The first kappa shape index (κ1) is 17.7. The third-order valence-corrected chi connectivity index (χ3v) is 4.48. The molecule has 0 aliphatic carbocycles. The summed E-state index contributed by atoms with van der Waals surface area (Å²) in [6, 6.07) is 15.5. The Morgan fingerprint density at radius 1 is 1.08 bits per heavy atom. The summed E-state index contributed by atoms with van der Waals surface area (Å²) in [6.45, 7) is 0.565. The van der Waals surface area contributed by atoms with Crippen LogP contribution in [-0.4, -0.2) is 35.5 Å². The van der Waals surface area contributed by atoms with Gasteiger partial charge in [-0.1, -0.05) is 36.4 Å². The van der Waals surface area contributed by atoms with E-state index in [1.807, 2.05) is 30.3 Å². The van der Waals surface area contributed by atoms with Crippen molar-refractivity contribution in [1.82, 2.24) is 5.32 Å². The lowest BCUT2D eigenvalue weighted by Crippen LogP contribution is -2.41. The molecule has 1 atom stereocenters. The number of hydrogen-bond donors (Lipinski definition) is 2. The predicted molar refractivity (Wildman–Crippen MR) is 97.1 cm³/mol. The minimum absolute atomic E-state index is 0.115. The van der Waals surface area contributed by atoms with E-state index in [4.69, 9.17) is 0 Å². The molecular formula is C20H20N2O4. The van der Waals surface area contributed by atoms with Crippen molar-refractivity contribution in [1.29, 1.82) is 0 Å². The summed E-state index contributed by atoms with van der Waals surface area (Å²) in [4.78, 5) is 37.6. The highest BCUT2D eigenvalue weighted by atomic mass is 16.4. The van der Waals surface area contributed by atoms with Gasteiger partial charge in [-0.15, -0.1) is 0 Å². The van der Waals surface area contributed by atoms with Gasteiger partial charge in [0.15, 0.2) is 0 Å². The van der Waals surface area contributed by atoms with E-state index < -0.39 is 12.0 Å². The molecule has 1 aliphatic heterocycles. The molecule has 134 valence electrons. The van der Waals surface area contributed by atoms with Gasteiger partial charge < -0.3 is 15.3 Å². The standard InChI is InChI=1S/C20H20N2O4/c23-18(11-10-14-6-4-5-9-16(14)20(25)26)21-17-12-13-22(19(17)24)15-7-2-1-3-8-15/h1-9,17H,10-13H2,(H,21,23)(H,25,26). The Kier molecular flexibility index (Phi) is 5.31. The van der Waals surface area contributed by atoms with E-state index in [1.54, 1.807) is 23.1 Å². The van der Waals surface area contributed by atoms with E-state index in [2.05, 4.69) is 5.32 Å². The second-order valence-electron chi connectivity index (χ2n) is 6.20. The van der Waals surface area contributed by atoms with Crippen LogP contribution in [0, 0.1) is 0 Å². The molecule has 0 aromatic heterocycles. The number of benzene rings is 2. The number of para-hydroxylation sites is 1. The van der Waals surface area contributed by atoms with Gasteiger partial charge in [0.25, 0.3) is 0 Å². The van der Waals surface area contributed by atoms with Crippen LogP contribution >= 0.6 is 0 Å². The molecule has 3 rings (SSSR count). The maximum Gasteiger partial charge on any atom is 0.335 e. The maximum atomic E-state index is 12.5. The van der Waals surface area contributed by atoms with Gasteiger partial charge in [-0.2, -0.15) is 0 Å². The summed E-state index contributed by atoms with van der Waals surface area (Å²) in [5, 5.41) is 12.0. The molecule has 1 fully saturated rings. The van der Waals surface area contributed by atoms with Gasteiger partial charge in [-0.3, -0.25) is 9.59 Å². The Labute approximate surface area is 151 Å². The van der Waals surface area contributed by atoms with Crippen molar-refractivity contribution in [2.45, 2.75) is 25.3 Å². The number of carbonyl (C=O) groups is 3. The molecule has 0 radical (unpaired) electrons. The molecule has 1 aliphatic rings. The molecule has 2 aromatic carbocycles. The van der Waals surface area contributed by atoms with Gasteiger partial charge in [0.1, 0.15) is 6.04 Å². The molecule has 2 amide bonds. The highest BCUT2D eigenvalue weighted by Crippen LogP contribution is 2.21. The van der Waals surface area contributed by atoms with Crippen molar-refractivity contribution in [3.8, 4) is 0 Å². The summed E-state index contributed by atoms with van der Waals surface area (Å²) in [7, 11) is 0. The molecule has 0 spiro atoms. The topological polar surface area (TPSA) is 86.7 Å². The number of anilines is 1. The molecule has 6 nitrogen and oxygen atoms in total. The Morgan fingerprint density at radius 3 is 2.50 bits per heavy atom. The van der Waals surface area contributed by atoms with E-state index in [0.29, 0.717) is 24.9 Å². The van der Waals surface area contributed by atoms with E-state index in [0.717, 1.165) is 5.69 Å². The lowest BCUT2D eigenvalue weighted by atomic mass is 10.0. The zero-order valence-electron chi connectivity index (χ0n) is 14.2. The first-order valence-corrected chi connectivity index (χ1v) is 8.53. The smallest absolute Gasteiger partial charge is 0.335 e. The molecule has 1 heterocycles. The predicted octanol–water partition coefficient (Wildman–Crippen LogP) is 2.24. The van der Waals surface area contributed by atoms with Gasteiger partial charge in [-0.05, 0) is 36.6 Å². The van der Waals surface area contributed by atoms with Gasteiger partial charge >= 0.3 is 5.97 Å². The zero-order valence-corrected chi connectivity index (χ0v) is 14.2. The number of carboxylic acid groups (broad SMARTS) is 1. The van der Waals surface area contributed by atoms with Gasteiger partial charge in [0.2, 0.25) is 11.8 Å². The first-order valence-electron chi connectivity index (χ1n) is 8.53. The number of carbonyl (C=O) groups excluding carboxylic acids is 2. The highest BCUT2D eigenvalue weighted by molar-refractivity contribution is 6.01. The van der Waals surface area contributed by atoms with E-state index in [-0.39, 0.29) is 23.8 Å². The Morgan fingerprint density at radius 2 is 1.77 bits per heavy atom. The highest BCUT2D eigenvalue weighted by Gasteiger charge is 2.33. The van der Waals surface area contributed by atoms with Crippen molar-refractivity contribution in [2.24, 2.45) is 0 Å². The monoisotopic (exact) mass is 352 g/mol. The molecule has 0 bridgehead atoms. The van der Waals surface area contributed by atoms with Crippen molar-refractivity contribution in [3.05, 3.63) is 65.7 Å². The van der Waals surface area contributed by atoms with Crippen LogP contribution in [0.2, 0.25) is 0 Å². The van der Waals surface area contributed by atoms with Crippen molar-refractivity contribution in [2.75, 3.05) is 11.4 Å². The number of carboxylic acids is 1. The number of nitrogens with zero attached hydrogens (tertiary/aromatic N) is 1. The summed E-state index contributed by atoms with van der Waals surface area (Å²) >= 11 is 0. The van der Waals surface area contributed by atoms with E-state index in [9.17, 15) is 19.5 Å². The van der Waals surface area contributed by atoms with E-state index >= 15 is 0 Å². The fourth-order valence-corrected chi connectivity index (χ4v) is 3.14. The lowest BCUT2D eigenvalue weighted by Gasteiger charge is -2.17. The fourth-order valence-electron chi connectivity index (χ4n) is 3.14. The summed E-state index contributed by atoms with van der Waals surface area (Å²) in [5.41, 5.74) is 1.64. The summed E-state index contributed by atoms with van der Waals surface area (Å²) in [5.74, 6) is -1.38. The fraction of sp³-hybridized carbons (Fsp3) is 0.250. The normalized spacial score (nSPS) is 16.5. The third kappa shape index (κ3) is 3.91. The second kappa shape index (κ2) is 7.82. The Hall–Kier alpha value is -3.15. The minimum atomic E-state index is -1.01. The largest absolute Gasteiger partial charge is 0.478 e. The van der Waals surface area contributed by atoms with Gasteiger partial charge in [-0.25, -0.2) is 4.79 Å². The summed E-state index contributed by atoms with van der Waals surface area (Å²) < 4.78 is 0. The van der Waals surface area contributed by atoms with Crippen molar-refractivity contribution >= 4 is 23.5 Å². The second-order valence-corrected chi connectivity index (χ2v) is 6.20. The molecule has 1 unspecified atom stereocenters. The molecule has 2 N–H and O–H groups in total. The maximum absolute atomic E-state index is 12.5. The first-order chi connectivity index (χ1) is 12.6. The van der Waals surface area contributed by atoms with Crippen molar-refractivity contribution < 1.29 is 19.5 Å². The van der Waals surface area contributed by atoms with Crippen LogP contribution in [0.5, 0.6) is 0 Å². The Bertz CT molecular complexity index is 820. The quantitative estimate of drug-likeness (QED) is 0.835. The van der Waals surface area contributed by atoms with Crippen LogP contribution in [0.3, 0.4) is 0 Å². The number of amides is 2. The molecule has 26 heavy (non-hydrogen) atoms. The van der Waals surface area contributed by atoms with E-state index in [1.165, 1.54) is 6.07 Å². The zero-order chi connectivity index (χ0) is 18.5. The van der Waals surface area contributed by atoms with Crippen LogP contribution in [0.25, 0.3) is 0 Å². The van der Waals surface area contributed by atoms with Crippen LogP contribution in [0.1, 0.15) is 28.8 Å². The van der Waals surface area contributed by atoms with Crippen LogP contribution in [0.15, 0.2) is 54.6 Å². The van der Waals surface area contributed by atoms with Crippen LogP contribution in [0.4, 0.5) is 5.69 Å². The number of rotatable bonds is 6. The number of aromatic carboxylic acids is 1. The number of nitrogens with one attached hydrogen (secondary N) is 1. The molecule has 1 saturated heterocycles. The lowest BCUT2D eigenvalue weighted by molar-refractivity contribution is -0.126. The molecule has 6 heteroatoms. The molecular weight excluding hydrogens is 332 g/mol. The van der Waals surface area contributed by atoms with Crippen LogP contribution in [-0.2, 0) is 16.0 Å². The minimum Gasteiger partial charge on any atom is -0.478 e. The number of hydrogen-bond acceptors (Lipinski definition) is 3.